The van der Waals surface area contributed by atoms with Crippen molar-refractivity contribution in [2.75, 3.05) is 0 Å². The number of H-pyrrole nitrogens is 1. The Bertz CT molecular complexity index is 1140. The minimum absolute atomic E-state index is 0.699. The summed E-state index contributed by atoms with van der Waals surface area (Å²) in [5, 5.41) is 0. The van der Waals surface area contributed by atoms with Crippen molar-refractivity contribution in [2.45, 2.75) is 51.9 Å². The molecule has 154 valence electrons. The smallest absolute Gasteiger partial charge is 0.195 e. The maximum absolute atomic E-state index is 6.05. The standard InChI is InChI=1S/C24H26N4O2/c1-16-15-26-24(27-16)21-13-19(11-12-25-21)29-18-8-9-20-22(14-18)30-23(28-20)10-7-17-5-3-2-4-6-17/h8-9,11-15,17H,2-7,10H2,1H3,(H,26,27). The molecule has 0 atom stereocenters. The second-order valence-electron chi connectivity index (χ2n) is 8.17. The number of rotatable bonds is 6. The maximum atomic E-state index is 6.05. The molecule has 1 aliphatic carbocycles. The SMILES string of the molecule is Cc1cnc(-c2cc(Oc3ccc4nc(CCC5CCCCC5)oc4c3)ccn2)[nH]1. The van der Waals surface area contributed by atoms with Crippen LogP contribution in [0.15, 0.2) is 47.1 Å². The summed E-state index contributed by atoms with van der Waals surface area (Å²) < 4.78 is 12.1. The predicted octanol–water partition coefficient (Wildman–Crippen LogP) is 6.23. The second-order valence-corrected chi connectivity index (χ2v) is 8.17. The van der Waals surface area contributed by atoms with Gasteiger partial charge in [-0.05, 0) is 37.5 Å². The van der Waals surface area contributed by atoms with Crippen LogP contribution in [0.5, 0.6) is 11.5 Å². The van der Waals surface area contributed by atoms with Gasteiger partial charge in [0.2, 0.25) is 0 Å². The van der Waals surface area contributed by atoms with Crippen LogP contribution in [0.25, 0.3) is 22.6 Å². The zero-order valence-electron chi connectivity index (χ0n) is 17.2. The van der Waals surface area contributed by atoms with Crippen LogP contribution >= 0.6 is 0 Å². The first kappa shape index (κ1) is 18.9. The van der Waals surface area contributed by atoms with Crippen molar-refractivity contribution in [3.8, 4) is 23.0 Å². The van der Waals surface area contributed by atoms with E-state index in [0.29, 0.717) is 11.5 Å². The van der Waals surface area contributed by atoms with Crippen molar-refractivity contribution in [3.05, 3.63) is 54.3 Å². The van der Waals surface area contributed by atoms with Crippen molar-refractivity contribution in [1.82, 2.24) is 19.9 Å². The molecule has 6 heteroatoms. The lowest BCUT2D eigenvalue weighted by Gasteiger charge is -2.20. The first-order valence-corrected chi connectivity index (χ1v) is 10.8. The van der Waals surface area contributed by atoms with Gasteiger partial charge in [0, 0.05) is 36.6 Å². The number of imidazole rings is 1. The summed E-state index contributed by atoms with van der Waals surface area (Å²) in [6.07, 6.45) is 12.4. The fraction of sp³-hybridized carbons (Fsp3) is 0.375. The van der Waals surface area contributed by atoms with E-state index in [2.05, 4.69) is 19.9 Å². The molecule has 1 saturated carbocycles. The molecule has 3 aromatic heterocycles. The van der Waals surface area contributed by atoms with Crippen molar-refractivity contribution >= 4 is 11.1 Å². The Hall–Kier alpha value is -3.15. The number of aromatic nitrogens is 4. The third-order valence-electron chi connectivity index (χ3n) is 5.81. The summed E-state index contributed by atoms with van der Waals surface area (Å²) in [6.45, 7) is 1.97. The molecule has 4 aromatic rings. The normalized spacial score (nSPS) is 15.0. The number of hydrogen-bond acceptors (Lipinski definition) is 5. The van der Waals surface area contributed by atoms with Crippen LogP contribution in [0.1, 0.15) is 50.1 Å². The van der Waals surface area contributed by atoms with Gasteiger partial charge in [-0.1, -0.05) is 32.1 Å². The summed E-state index contributed by atoms with van der Waals surface area (Å²) in [7, 11) is 0. The van der Waals surface area contributed by atoms with E-state index in [-0.39, 0.29) is 0 Å². The highest BCUT2D eigenvalue weighted by Crippen LogP contribution is 2.30. The Morgan fingerprint density at radius 1 is 1.07 bits per heavy atom. The molecular weight excluding hydrogens is 376 g/mol. The number of nitrogens with zero attached hydrogens (tertiary/aromatic N) is 3. The Morgan fingerprint density at radius 2 is 1.93 bits per heavy atom. The van der Waals surface area contributed by atoms with Crippen LogP contribution in [-0.4, -0.2) is 19.9 Å². The van der Waals surface area contributed by atoms with Crippen molar-refractivity contribution in [2.24, 2.45) is 5.92 Å². The van der Waals surface area contributed by atoms with Gasteiger partial charge >= 0.3 is 0 Å². The van der Waals surface area contributed by atoms with E-state index >= 15 is 0 Å². The van der Waals surface area contributed by atoms with E-state index in [9.17, 15) is 0 Å². The van der Waals surface area contributed by atoms with Crippen LogP contribution < -0.4 is 4.74 Å². The topological polar surface area (TPSA) is 76.8 Å². The molecule has 0 spiro atoms. The molecule has 0 unspecified atom stereocenters. The number of aromatic amines is 1. The molecule has 1 fully saturated rings. The summed E-state index contributed by atoms with van der Waals surface area (Å²) in [5.41, 5.74) is 3.38. The van der Waals surface area contributed by atoms with E-state index in [1.54, 1.807) is 12.4 Å². The minimum Gasteiger partial charge on any atom is -0.457 e. The summed E-state index contributed by atoms with van der Waals surface area (Å²) >= 11 is 0. The number of hydrogen-bond donors (Lipinski definition) is 1. The van der Waals surface area contributed by atoms with Gasteiger partial charge in [0.05, 0.1) is 0 Å². The number of fused-ring (bicyclic) bond motifs is 1. The fourth-order valence-electron chi connectivity index (χ4n) is 4.21. The first-order valence-electron chi connectivity index (χ1n) is 10.8. The number of ether oxygens (including phenoxy) is 1. The molecular formula is C24H26N4O2. The molecule has 30 heavy (non-hydrogen) atoms. The van der Waals surface area contributed by atoms with Crippen molar-refractivity contribution < 1.29 is 9.15 Å². The molecule has 3 heterocycles. The Morgan fingerprint density at radius 3 is 2.77 bits per heavy atom. The van der Waals surface area contributed by atoms with E-state index in [1.165, 1.54) is 38.5 Å². The van der Waals surface area contributed by atoms with E-state index in [1.807, 2.05) is 37.3 Å². The lowest BCUT2D eigenvalue weighted by molar-refractivity contribution is 0.330. The molecule has 1 aliphatic rings. The Kier molecular flexibility index (Phi) is 5.22. The van der Waals surface area contributed by atoms with Gasteiger partial charge in [-0.2, -0.15) is 0 Å². The van der Waals surface area contributed by atoms with E-state index < -0.39 is 0 Å². The quantitative estimate of drug-likeness (QED) is 0.414. The van der Waals surface area contributed by atoms with Crippen LogP contribution in [0.4, 0.5) is 0 Å². The first-order chi connectivity index (χ1) is 14.7. The van der Waals surface area contributed by atoms with Crippen LogP contribution in [-0.2, 0) is 6.42 Å². The molecule has 0 saturated heterocycles. The molecule has 1 N–H and O–H groups in total. The average Bonchev–Trinajstić information content (AvgIpc) is 3.39. The largest absolute Gasteiger partial charge is 0.457 e. The number of benzene rings is 1. The van der Waals surface area contributed by atoms with Gasteiger partial charge in [-0.25, -0.2) is 9.97 Å². The number of nitrogens with one attached hydrogen (secondary N) is 1. The summed E-state index contributed by atoms with van der Waals surface area (Å²) in [6, 6.07) is 9.49. The van der Waals surface area contributed by atoms with Gasteiger partial charge in [-0.3, -0.25) is 4.98 Å². The highest BCUT2D eigenvalue weighted by atomic mass is 16.5. The van der Waals surface area contributed by atoms with Crippen molar-refractivity contribution in [3.63, 3.8) is 0 Å². The van der Waals surface area contributed by atoms with Gasteiger partial charge in [-0.15, -0.1) is 0 Å². The maximum Gasteiger partial charge on any atom is 0.195 e. The minimum atomic E-state index is 0.699. The number of pyridine rings is 1. The van der Waals surface area contributed by atoms with E-state index in [4.69, 9.17) is 9.15 Å². The third-order valence-corrected chi connectivity index (χ3v) is 5.81. The third kappa shape index (κ3) is 4.22. The Balaban J connectivity index is 1.29. The molecule has 0 bridgehead atoms. The molecule has 0 aliphatic heterocycles. The van der Waals surface area contributed by atoms with E-state index in [0.717, 1.165) is 46.5 Å². The monoisotopic (exact) mass is 402 g/mol. The van der Waals surface area contributed by atoms with Gasteiger partial charge in [0.25, 0.3) is 0 Å². The molecule has 1 aromatic carbocycles. The predicted molar refractivity (Wildman–Crippen MR) is 116 cm³/mol. The summed E-state index contributed by atoms with van der Waals surface area (Å²) in [5.74, 6) is 3.79. The molecule has 0 radical (unpaired) electrons. The zero-order valence-corrected chi connectivity index (χ0v) is 17.2. The van der Waals surface area contributed by atoms with Crippen LogP contribution in [0, 0.1) is 12.8 Å². The lowest BCUT2D eigenvalue weighted by Crippen LogP contribution is -2.07. The lowest BCUT2D eigenvalue weighted by atomic mass is 9.86. The van der Waals surface area contributed by atoms with Crippen LogP contribution in [0.2, 0.25) is 0 Å². The molecule has 5 rings (SSSR count). The van der Waals surface area contributed by atoms with Gasteiger partial charge in [0.1, 0.15) is 22.7 Å². The van der Waals surface area contributed by atoms with Crippen LogP contribution in [0.3, 0.4) is 0 Å². The van der Waals surface area contributed by atoms with Gasteiger partial charge in [0.15, 0.2) is 17.3 Å². The second kappa shape index (κ2) is 8.30. The van der Waals surface area contributed by atoms with Gasteiger partial charge < -0.3 is 14.1 Å². The fourth-order valence-corrected chi connectivity index (χ4v) is 4.21. The number of oxazole rings is 1. The summed E-state index contributed by atoms with van der Waals surface area (Å²) in [4.78, 5) is 16.6. The Labute approximate surface area is 175 Å². The number of aryl methyl sites for hydroxylation is 2. The zero-order chi connectivity index (χ0) is 20.3. The molecule has 6 nitrogen and oxygen atoms in total. The van der Waals surface area contributed by atoms with Crippen molar-refractivity contribution in [1.29, 1.82) is 0 Å². The average molecular weight is 402 g/mol. The highest BCUT2D eigenvalue weighted by molar-refractivity contribution is 5.74. The molecule has 0 amide bonds. The highest BCUT2D eigenvalue weighted by Gasteiger charge is 2.15.